The summed E-state index contributed by atoms with van der Waals surface area (Å²) in [4.78, 5) is 4.87. The first kappa shape index (κ1) is 20.2. The second kappa shape index (κ2) is 7.75. The van der Waals surface area contributed by atoms with E-state index in [4.69, 9.17) is 4.98 Å². The van der Waals surface area contributed by atoms with E-state index in [0.717, 1.165) is 40.3 Å². The molecule has 3 aromatic heterocycles. The lowest BCUT2D eigenvalue weighted by Gasteiger charge is -2.12. The van der Waals surface area contributed by atoms with Gasteiger partial charge in [0, 0.05) is 29.9 Å². The van der Waals surface area contributed by atoms with Crippen molar-refractivity contribution in [1.82, 2.24) is 14.0 Å². The van der Waals surface area contributed by atoms with Gasteiger partial charge in [0.25, 0.3) is 0 Å². The lowest BCUT2D eigenvalue weighted by molar-refractivity contribution is 0.510. The third kappa shape index (κ3) is 3.30. The van der Waals surface area contributed by atoms with Gasteiger partial charge in [0.1, 0.15) is 11.3 Å². The normalized spacial score (nSPS) is 11.5. The molecule has 0 aliphatic rings. The second-order valence-electron chi connectivity index (χ2n) is 8.05. The topological polar surface area (TPSA) is 22.2 Å². The molecular formula is C27H23F2N3. The fourth-order valence-corrected chi connectivity index (χ4v) is 4.31. The highest BCUT2D eigenvalue weighted by molar-refractivity contribution is 5.87. The number of fused-ring (bicyclic) bond motifs is 2. The first-order chi connectivity index (χ1) is 15.5. The number of aryl methyl sites for hydroxylation is 2. The summed E-state index contributed by atoms with van der Waals surface area (Å²) in [7, 11) is 0. The van der Waals surface area contributed by atoms with Gasteiger partial charge in [-0.3, -0.25) is 0 Å². The molecule has 0 bridgehead atoms. The van der Waals surface area contributed by atoms with Crippen LogP contribution in [0.15, 0.2) is 67.4 Å². The maximum absolute atomic E-state index is 14.2. The van der Waals surface area contributed by atoms with Gasteiger partial charge in [0.05, 0.1) is 11.2 Å². The van der Waals surface area contributed by atoms with Gasteiger partial charge in [0.2, 0.25) is 0 Å². The smallest absolute Gasteiger partial charge is 0.160 e. The molecule has 0 aliphatic heterocycles. The molecule has 3 heterocycles. The predicted octanol–water partition coefficient (Wildman–Crippen LogP) is 6.80. The maximum atomic E-state index is 14.2. The van der Waals surface area contributed by atoms with Crippen molar-refractivity contribution in [3.8, 4) is 11.4 Å². The van der Waals surface area contributed by atoms with E-state index in [0.29, 0.717) is 17.4 Å². The summed E-state index contributed by atoms with van der Waals surface area (Å²) >= 11 is 0. The minimum Gasteiger partial charge on any atom is -0.335 e. The molecule has 0 atom stereocenters. The van der Waals surface area contributed by atoms with Gasteiger partial charge < -0.3 is 8.97 Å². The van der Waals surface area contributed by atoms with Crippen LogP contribution >= 0.6 is 0 Å². The second-order valence-corrected chi connectivity index (χ2v) is 8.05. The van der Waals surface area contributed by atoms with Crippen LogP contribution in [0.3, 0.4) is 0 Å². The zero-order valence-corrected chi connectivity index (χ0v) is 18.1. The van der Waals surface area contributed by atoms with Crippen molar-refractivity contribution in [2.75, 3.05) is 0 Å². The number of hydrogen-bond acceptors (Lipinski definition) is 1. The van der Waals surface area contributed by atoms with Crippen molar-refractivity contribution in [3.05, 3.63) is 101 Å². The van der Waals surface area contributed by atoms with Crippen molar-refractivity contribution < 1.29 is 8.78 Å². The van der Waals surface area contributed by atoms with Crippen molar-refractivity contribution in [2.24, 2.45) is 0 Å². The Kier molecular flexibility index (Phi) is 4.89. The summed E-state index contributed by atoms with van der Waals surface area (Å²) in [6, 6.07) is 16.7. The molecule has 0 spiro atoms. The molecule has 0 aliphatic carbocycles. The molecular weight excluding hydrogens is 404 g/mol. The van der Waals surface area contributed by atoms with E-state index in [2.05, 4.69) is 31.7 Å². The van der Waals surface area contributed by atoms with Crippen LogP contribution in [0.25, 0.3) is 34.0 Å². The van der Waals surface area contributed by atoms with Crippen LogP contribution in [0.1, 0.15) is 29.3 Å². The van der Waals surface area contributed by atoms with E-state index in [1.54, 1.807) is 6.08 Å². The molecule has 5 aromatic rings. The molecule has 0 saturated carbocycles. The van der Waals surface area contributed by atoms with E-state index in [1.165, 1.54) is 17.7 Å². The monoisotopic (exact) mass is 427 g/mol. The predicted molar refractivity (Wildman–Crippen MR) is 126 cm³/mol. The largest absolute Gasteiger partial charge is 0.335 e. The highest BCUT2D eigenvalue weighted by Crippen LogP contribution is 2.32. The van der Waals surface area contributed by atoms with Crippen molar-refractivity contribution in [2.45, 2.75) is 26.8 Å². The van der Waals surface area contributed by atoms with E-state index >= 15 is 0 Å². The van der Waals surface area contributed by atoms with Gasteiger partial charge in [-0.25, -0.2) is 13.8 Å². The molecule has 0 fully saturated rings. The molecule has 2 aromatic carbocycles. The van der Waals surface area contributed by atoms with Crippen LogP contribution in [0, 0.1) is 18.6 Å². The number of rotatable bonds is 5. The quantitative estimate of drug-likeness (QED) is 0.302. The summed E-state index contributed by atoms with van der Waals surface area (Å²) in [5, 5.41) is 0.647. The highest BCUT2D eigenvalue weighted by Gasteiger charge is 2.19. The minimum absolute atomic E-state index is 0.531. The number of imidazole rings is 1. The Morgan fingerprint density at radius 3 is 2.56 bits per heavy atom. The van der Waals surface area contributed by atoms with Gasteiger partial charge in [-0.05, 0) is 54.3 Å². The lowest BCUT2D eigenvalue weighted by atomic mass is 10.1. The third-order valence-corrected chi connectivity index (χ3v) is 6.05. The SMILES string of the molecule is C=Cc1ccn2c(C)c(-c3cc4cc(F)c(F)cc4n3Cc3cccc(CC)c3)nc2c1. The van der Waals surface area contributed by atoms with Gasteiger partial charge >= 0.3 is 0 Å². The van der Waals surface area contributed by atoms with Gasteiger partial charge in [-0.15, -0.1) is 0 Å². The Bertz CT molecular complexity index is 1490. The summed E-state index contributed by atoms with van der Waals surface area (Å²) < 4.78 is 32.3. The standard InChI is InChI=1S/C27H23F2N3/c1-4-18-7-6-8-20(11-18)16-32-24-15-23(29)22(28)13-21(24)14-25(32)27-17(3)31-10-9-19(5-2)12-26(31)30-27/h5-15H,2,4,16H2,1,3H3. The van der Waals surface area contributed by atoms with Crippen LogP contribution in [0.5, 0.6) is 0 Å². The maximum Gasteiger partial charge on any atom is 0.160 e. The number of benzene rings is 2. The highest BCUT2D eigenvalue weighted by atomic mass is 19.2. The van der Waals surface area contributed by atoms with Crippen LogP contribution < -0.4 is 0 Å². The molecule has 5 rings (SSSR count). The van der Waals surface area contributed by atoms with Crippen LogP contribution in [-0.4, -0.2) is 14.0 Å². The number of pyridine rings is 1. The first-order valence-electron chi connectivity index (χ1n) is 10.7. The van der Waals surface area contributed by atoms with Crippen LogP contribution in [0.2, 0.25) is 0 Å². The Balaban J connectivity index is 1.75. The van der Waals surface area contributed by atoms with Crippen LogP contribution in [-0.2, 0) is 13.0 Å². The Morgan fingerprint density at radius 1 is 1.00 bits per heavy atom. The molecule has 0 amide bonds. The van der Waals surface area contributed by atoms with E-state index in [9.17, 15) is 8.78 Å². The fraction of sp³-hybridized carbons (Fsp3) is 0.148. The number of hydrogen-bond donors (Lipinski definition) is 0. The van der Waals surface area contributed by atoms with Gasteiger partial charge in [-0.1, -0.05) is 43.8 Å². The summed E-state index contributed by atoms with van der Waals surface area (Å²) in [5.41, 5.74) is 7.34. The zero-order chi connectivity index (χ0) is 22.4. The van der Waals surface area contributed by atoms with Crippen molar-refractivity contribution in [3.63, 3.8) is 0 Å². The van der Waals surface area contributed by atoms with Gasteiger partial charge in [-0.2, -0.15) is 0 Å². The molecule has 3 nitrogen and oxygen atoms in total. The molecule has 0 N–H and O–H groups in total. The van der Waals surface area contributed by atoms with E-state index in [-0.39, 0.29) is 0 Å². The fourth-order valence-electron chi connectivity index (χ4n) is 4.31. The van der Waals surface area contributed by atoms with E-state index < -0.39 is 11.6 Å². The Morgan fingerprint density at radius 2 is 1.78 bits per heavy atom. The Labute approximate surface area is 185 Å². The summed E-state index contributed by atoms with van der Waals surface area (Å²) in [5.74, 6) is -1.70. The molecule has 0 saturated heterocycles. The first-order valence-corrected chi connectivity index (χ1v) is 10.7. The van der Waals surface area contributed by atoms with Crippen molar-refractivity contribution >= 4 is 22.6 Å². The average Bonchev–Trinajstić information content (AvgIpc) is 3.31. The molecule has 32 heavy (non-hydrogen) atoms. The lowest BCUT2D eigenvalue weighted by Crippen LogP contribution is -2.03. The molecule has 0 unspecified atom stereocenters. The molecule has 0 radical (unpaired) electrons. The zero-order valence-electron chi connectivity index (χ0n) is 18.1. The molecule has 5 heteroatoms. The van der Waals surface area contributed by atoms with Crippen LogP contribution in [0.4, 0.5) is 8.78 Å². The number of nitrogens with zero attached hydrogens (tertiary/aromatic N) is 3. The van der Waals surface area contributed by atoms with E-state index in [1.807, 2.05) is 46.4 Å². The minimum atomic E-state index is -0.854. The third-order valence-electron chi connectivity index (χ3n) is 6.05. The molecule has 160 valence electrons. The average molecular weight is 427 g/mol. The summed E-state index contributed by atoms with van der Waals surface area (Å²) in [6.07, 6.45) is 4.69. The Hall–Kier alpha value is -3.73. The summed E-state index contributed by atoms with van der Waals surface area (Å²) in [6.45, 7) is 8.48. The number of halogens is 2. The number of aromatic nitrogens is 3. The van der Waals surface area contributed by atoms with Gasteiger partial charge in [0.15, 0.2) is 11.6 Å². The van der Waals surface area contributed by atoms with Crippen molar-refractivity contribution in [1.29, 1.82) is 0 Å².